The van der Waals surface area contributed by atoms with Crippen molar-refractivity contribution in [2.75, 3.05) is 49.0 Å². The number of pyridine rings is 1. The Morgan fingerprint density at radius 2 is 2.04 bits per heavy atom. The fourth-order valence-corrected chi connectivity index (χ4v) is 3.79. The van der Waals surface area contributed by atoms with Crippen molar-refractivity contribution >= 4 is 29.4 Å². The van der Waals surface area contributed by atoms with Gasteiger partial charge in [0.25, 0.3) is 0 Å². The van der Waals surface area contributed by atoms with Crippen LogP contribution in [0.1, 0.15) is 15.9 Å². The molecular weight excluding hydrogens is 364 g/mol. The van der Waals surface area contributed by atoms with Crippen LogP contribution in [0.3, 0.4) is 0 Å². The van der Waals surface area contributed by atoms with Gasteiger partial charge in [-0.2, -0.15) is 0 Å². The Morgan fingerprint density at radius 1 is 1.26 bits per heavy atom. The highest BCUT2D eigenvalue weighted by molar-refractivity contribution is 8.00. The highest BCUT2D eigenvalue weighted by Gasteiger charge is 2.21. The number of carbonyl (C=O) groups is 1. The second-order valence-corrected chi connectivity index (χ2v) is 7.35. The molecule has 1 aliphatic rings. The number of aliphatic hydroxyl groups excluding tert-OH is 1. The van der Waals surface area contributed by atoms with E-state index in [9.17, 15) is 9.90 Å². The third-order valence-electron chi connectivity index (χ3n) is 4.47. The molecule has 1 aromatic heterocycles. The number of rotatable bonds is 7. The van der Waals surface area contributed by atoms with E-state index in [1.54, 1.807) is 6.07 Å². The number of piperazine rings is 1. The normalized spacial score (nSPS) is 15.0. The number of hydrogen-bond acceptors (Lipinski definition) is 7. The molecule has 1 aromatic carbocycles. The molecule has 0 saturated carbocycles. The maximum atomic E-state index is 11.4. The minimum Gasteiger partial charge on any atom is -0.478 e. The molecule has 1 saturated heterocycles. The predicted octanol–water partition coefficient (Wildman–Crippen LogP) is 2.32. The molecule has 0 radical (unpaired) electrons. The van der Waals surface area contributed by atoms with Gasteiger partial charge in [-0.25, -0.2) is 9.78 Å². The summed E-state index contributed by atoms with van der Waals surface area (Å²) in [7, 11) is 0. The number of carboxylic acids is 1. The van der Waals surface area contributed by atoms with E-state index in [2.05, 4.69) is 25.6 Å². The highest BCUT2D eigenvalue weighted by Crippen LogP contribution is 2.30. The molecule has 2 aromatic rings. The number of nitrogens with one attached hydrogen (secondary N) is 1. The van der Waals surface area contributed by atoms with Gasteiger partial charge < -0.3 is 19.8 Å². The first kappa shape index (κ1) is 19.5. The van der Waals surface area contributed by atoms with Crippen LogP contribution in [-0.4, -0.2) is 65.4 Å². The number of β-amino-alcohol motifs (C(OH)–C–C–N with tert-alkyl or cyclic N) is 1. The minimum atomic E-state index is -0.995. The molecule has 2 heterocycles. The van der Waals surface area contributed by atoms with E-state index in [1.165, 1.54) is 23.7 Å². The number of carboxylic acid groups (broad SMARTS) is 1. The van der Waals surface area contributed by atoms with Gasteiger partial charge >= 0.3 is 5.97 Å². The first-order valence-corrected chi connectivity index (χ1v) is 9.69. The topological polar surface area (TPSA) is 88.9 Å². The Labute approximate surface area is 163 Å². The van der Waals surface area contributed by atoms with Crippen molar-refractivity contribution in [2.24, 2.45) is 0 Å². The number of aliphatic hydroxyl groups is 1. The van der Waals surface area contributed by atoms with E-state index in [1.807, 2.05) is 25.1 Å². The molecule has 0 atom stereocenters. The van der Waals surface area contributed by atoms with Crippen molar-refractivity contribution in [1.29, 1.82) is 0 Å². The molecule has 7 nitrogen and oxygen atoms in total. The molecule has 0 aliphatic carbocycles. The van der Waals surface area contributed by atoms with Gasteiger partial charge in [0.2, 0.25) is 0 Å². The molecule has 0 amide bonds. The summed E-state index contributed by atoms with van der Waals surface area (Å²) in [5.74, 6) is -0.241. The number of aromatic nitrogens is 1. The van der Waals surface area contributed by atoms with Crippen molar-refractivity contribution in [1.82, 2.24) is 9.88 Å². The lowest BCUT2D eigenvalue weighted by molar-refractivity contribution is 0.0696. The maximum Gasteiger partial charge on any atom is 0.337 e. The summed E-state index contributed by atoms with van der Waals surface area (Å²) in [6.45, 7) is 6.11. The number of nitrogens with zero attached hydrogens (tertiary/aromatic N) is 3. The Bertz CT molecular complexity index is 794. The van der Waals surface area contributed by atoms with Gasteiger partial charge in [0, 0.05) is 43.8 Å². The third-order valence-corrected chi connectivity index (χ3v) is 5.28. The first-order chi connectivity index (χ1) is 13.1. The van der Waals surface area contributed by atoms with E-state index in [0.29, 0.717) is 12.2 Å². The Morgan fingerprint density at radius 3 is 2.70 bits per heavy atom. The third kappa shape index (κ3) is 5.12. The summed E-state index contributed by atoms with van der Waals surface area (Å²) >= 11 is 1.44. The number of anilines is 2. The van der Waals surface area contributed by atoms with Crippen LogP contribution in [0.4, 0.5) is 11.5 Å². The highest BCUT2D eigenvalue weighted by atomic mass is 32.2. The second kappa shape index (κ2) is 9.07. The van der Waals surface area contributed by atoms with Crippen molar-refractivity contribution in [3.63, 3.8) is 0 Å². The average molecular weight is 388 g/mol. The number of hydrogen-bond donors (Lipinski definition) is 3. The second-order valence-electron chi connectivity index (χ2n) is 6.47. The largest absolute Gasteiger partial charge is 0.478 e. The molecule has 27 heavy (non-hydrogen) atoms. The summed E-state index contributed by atoms with van der Waals surface area (Å²) < 4.78 is 3.28. The van der Waals surface area contributed by atoms with Crippen LogP contribution < -0.4 is 9.62 Å². The SMILES string of the molecule is Cc1cccc(SNc2cc(C(=O)O)cnc2N2CCN(CCO)CC2)c1. The standard InChI is InChI=1S/C19H24N4O3S/c1-14-3-2-4-16(11-14)27-21-17-12-15(19(25)26)13-20-18(17)23-7-5-22(6-8-23)9-10-24/h2-4,11-13,21,24H,5-10H2,1H3,(H,25,26). The minimum absolute atomic E-state index is 0.157. The first-order valence-electron chi connectivity index (χ1n) is 8.88. The summed E-state index contributed by atoms with van der Waals surface area (Å²) in [5.41, 5.74) is 2.02. The van der Waals surface area contributed by atoms with Crippen LogP contribution in [0.2, 0.25) is 0 Å². The lowest BCUT2D eigenvalue weighted by Crippen LogP contribution is -2.47. The van der Waals surface area contributed by atoms with E-state index in [0.717, 1.165) is 36.9 Å². The summed E-state index contributed by atoms with van der Waals surface area (Å²) in [6, 6.07) is 9.74. The van der Waals surface area contributed by atoms with Crippen LogP contribution in [0, 0.1) is 6.92 Å². The van der Waals surface area contributed by atoms with Crippen molar-refractivity contribution < 1.29 is 15.0 Å². The summed E-state index contributed by atoms with van der Waals surface area (Å²) in [4.78, 5) is 21.2. The van der Waals surface area contributed by atoms with Crippen molar-refractivity contribution in [3.8, 4) is 0 Å². The van der Waals surface area contributed by atoms with Gasteiger partial charge in [-0.15, -0.1) is 0 Å². The van der Waals surface area contributed by atoms with Crippen LogP contribution in [0.25, 0.3) is 0 Å². The molecule has 144 valence electrons. The van der Waals surface area contributed by atoms with Crippen molar-refractivity contribution in [2.45, 2.75) is 11.8 Å². The van der Waals surface area contributed by atoms with Crippen LogP contribution in [0.15, 0.2) is 41.4 Å². The average Bonchev–Trinajstić information content (AvgIpc) is 2.67. The lowest BCUT2D eigenvalue weighted by atomic mass is 10.2. The van der Waals surface area contributed by atoms with Crippen LogP contribution in [0.5, 0.6) is 0 Å². The fraction of sp³-hybridized carbons (Fsp3) is 0.368. The number of benzene rings is 1. The van der Waals surface area contributed by atoms with Gasteiger partial charge in [0.05, 0.1) is 17.9 Å². The Balaban J connectivity index is 1.78. The molecule has 0 unspecified atom stereocenters. The maximum absolute atomic E-state index is 11.4. The Hall–Kier alpha value is -2.29. The summed E-state index contributed by atoms with van der Waals surface area (Å²) in [5, 5.41) is 18.4. The summed E-state index contributed by atoms with van der Waals surface area (Å²) in [6.07, 6.45) is 1.40. The van der Waals surface area contributed by atoms with Gasteiger partial charge in [-0.05, 0) is 42.6 Å². The van der Waals surface area contributed by atoms with Gasteiger partial charge in [0.1, 0.15) is 0 Å². The van der Waals surface area contributed by atoms with Crippen molar-refractivity contribution in [3.05, 3.63) is 47.7 Å². The molecule has 3 N–H and O–H groups in total. The zero-order chi connectivity index (χ0) is 19.2. The monoisotopic (exact) mass is 388 g/mol. The van der Waals surface area contributed by atoms with Gasteiger partial charge in [-0.3, -0.25) is 4.90 Å². The van der Waals surface area contributed by atoms with E-state index < -0.39 is 5.97 Å². The zero-order valence-electron chi connectivity index (χ0n) is 15.3. The number of aryl methyl sites for hydroxylation is 1. The van der Waals surface area contributed by atoms with Gasteiger partial charge in [-0.1, -0.05) is 12.1 Å². The van der Waals surface area contributed by atoms with Gasteiger partial charge in [0.15, 0.2) is 5.82 Å². The number of aromatic carboxylic acids is 1. The smallest absolute Gasteiger partial charge is 0.337 e. The predicted molar refractivity (Wildman–Crippen MR) is 108 cm³/mol. The van der Waals surface area contributed by atoms with Crippen LogP contribution in [-0.2, 0) is 0 Å². The Kier molecular flexibility index (Phi) is 6.54. The molecular formula is C19H24N4O3S. The molecule has 0 bridgehead atoms. The van der Waals surface area contributed by atoms with E-state index >= 15 is 0 Å². The molecule has 1 fully saturated rings. The van der Waals surface area contributed by atoms with Crippen LogP contribution >= 0.6 is 11.9 Å². The molecule has 0 spiro atoms. The lowest BCUT2D eigenvalue weighted by Gasteiger charge is -2.35. The molecule has 3 rings (SSSR count). The van der Waals surface area contributed by atoms with E-state index in [4.69, 9.17) is 5.11 Å². The quantitative estimate of drug-likeness (QED) is 0.623. The van der Waals surface area contributed by atoms with E-state index in [-0.39, 0.29) is 12.2 Å². The molecule has 8 heteroatoms. The fourth-order valence-electron chi connectivity index (χ4n) is 3.02. The zero-order valence-corrected chi connectivity index (χ0v) is 16.1. The molecule has 1 aliphatic heterocycles.